The highest BCUT2D eigenvalue weighted by Gasteiger charge is 1.98. The molecule has 0 fully saturated rings. The molecule has 0 aromatic heterocycles. The van der Waals surface area contributed by atoms with Gasteiger partial charge in [-0.05, 0) is 31.0 Å². The van der Waals surface area contributed by atoms with Crippen molar-refractivity contribution in [2.75, 3.05) is 30.9 Å². The van der Waals surface area contributed by atoms with Crippen molar-refractivity contribution in [3.05, 3.63) is 24.3 Å². The van der Waals surface area contributed by atoms with Gasteiger partial charge < -0.3 is 15.3 Å². The average Bonchev–Trinajstić information content (AvgIpc) is 2.37. The van der Waals surface area contributed by atoms with Crippen molar-refractivity contribution in [2.24, 2.45) is 0 Å². The summed E-state index contributed by atoms with van der Waals surface area (Å²) in [6.45, 7) is 0.934. The molecule has 106 valence electrons. The summed E-state index contributed by atoms with van der Waals surface area (Å²) in [5.74, 6) is -0.696. The van der Waals surface area contributed by atoms with Crippen molar-refractivity contribution in [1.82, 2.24) is 0 Å². The van der Waals surface area contributed by atoms with Crippen LogP contribution in [0.4, 0.5) is 11.4 Å². The number of hydrogen-bond donors (Lipinski definition) is 2. The zero-order valence-corrected chi connectivity index (χ0v) is 11.9. The second-order valence-corrected chi connectivity index (χ2v) is 4.93. The van der Waals surface area contributed by atoms with E-state index in [1.807, 2.05) is 20.2 Å². The van der Waals surface area contributed by atoms with Gasteiger partial charge in [0, 0.05) is 38.4 Å². The molecule has 4 nitrogen and oxygen atoms in total. The number of hydrogen-bond acceptors (Lipinski definition) is 3. The van der Waals surface area contributed by atoms with Crippen LogP contribution in [0, 0.1) is 0 Å². The lowest BCUT2D eigenvalue weighted by atomic mass is 10.1. The Morgan fingerprint density at radius 3 is 2.63 bits per heavy atom. The minimum atomic E-state index is -0.696. The van der Waals surface area contributed by atoms with Gasteiger partial charge in [0.1, 0.15) is 0 Å². The van der Waals surface area contributed by atoms with E-state index in [2.05, 4.69) is 28.4 Å². The molecule has 0 saturated heterocycles. The van der Waals surface area contributed by atoms with Crippen LogP contribution in [-0.4, -0.2) is 31.7 Å². The van der Waals surface area contributed by atoms with E-state index in [0.29, 0.717) is 0 Å². The average molecular weight is 264 g/mol. The molecule has 0 aliphatic carbocycles. The third-order valence-electron chi connectivity index (χ3n) is 3.01. The first-order chi connectivity index (χ1) is 9.09. The number of nitrogens with zero attached hydrogens (tertiary/aromatic N) is 1. The minimum Gasteiger partial charge on any atom is -0.481 e. The fourth-order valence-electron chi connectivity index (χ4n) is 1.88. The second-order valence-electron chi connectivity index (χ2n) is 4.93. The molecule has 0 bridgehead atoms. The van der Waals surface area contributed by atoms with E-state index in [4.69, 9.17) is 5.11 Å². The van der Waals surface area contributed by atoms with Gasteiger partial charge in [-0.1, -0.05) is 18.9 Å². The molecule has 1 aromatic carbocycles. The van der Waals surface area contributed by atoms with Crippen LogP contribution < -0.4 is 10.2 Å². The van der Waals surface area contributed by atoms with E-state index in [1.165, 1.54) is 5.69 Å². The van der Waals surface area contributed by atoms with Gasteiger partial charge in [0.25, 0.3) is 0 Å². The normalized spacial score (nSPS) is 10.2. The van der Waals surface area contributed by atoms with Gasteiger partial charge in [0.2, 0.25) is 0 Å². The molecule has 0 aliphatic rings. The smallest absolute Gasteiger partial charge is 0.303 e. The van der Waals surface area contributed by atoms with E-state index in [-0.39, 0.29) is 6.42 Å². The van der Waals surface area contributed by atoms with Crippen LogP contribution in [0.2, 0.25) is 0 Å². The maximum absolute atomic E-state index is 10.3. The van der Waals surface area contributed by atoms with Crippen molar-refractivity contribution in [2.45, 2.75) is 32.1 Å². The number of rotatable bonds is 9. The van der Waals surface area contributed by atoms with Crippen LogP contribution in [0.5, 0.6) is 0 Å². The Bertz CT molecular complexity index is 391. The number of unbranched alkanes of at least 4 members (excludes halogenated alkanes) is 3. The summed E-state index contributed by atoms with van der Waals surface area (Å²) in [6.07, 6.45) is 4.22. The Kier molecular flexibility index (Phi) is 6.79. The quantitative estimate of drug-likeness (QED) is 0.672. The van der Waals surface area contributed by atoms with Gasteiger partial charge in [-0.2, -0.15) is 0 Å². The van der Waals surface area contributed by atoms with Crippen LogP contribution in [-0.2, 0) is 4.79 Å². The number of carboxylic acids is 1. The summed E-state index contributed by atoms with van der Waals surface area (Å²) in [6, 6.07) is 8.32. The predicted octanol–water partition coefficient (Wildman–Crippen LogP) is 3.20. The summed E-state index contributed by atoms with van der Waals surface area (Å²) in [4.78, 5) is 12.4. The Morgan fingerprint density at radius 1 is 1.21 bits per heavy atom. The van der Waals surface area contributed by atoms with Crippen LogP contribution in [0.1, 0.15) is 32.1 Å². The number of carboxylic acid groups (broad SMARTS) is 1. The fourth-order valence-corrected chi connectivity index (χ4v) is 1.88. The molecule has 4 heteroatoms. The summed E-state index contributed by atoms with van der Waals surface area (Å²) in [5, 5.41) is 11.9. The van der Waals surface area contributed by atoms with E-state index in [9.17, 15) is 4.79 Å². The molecule has 0 heterocycles. The standard InChI is InChI=1S/C15H24N2O2/c1-17(2)14-9-7-8-13(12-14)16-11-6-4-3-5-10-15(18)19/h7-9,12,16H,3-6,10-11H2,1-2H3,(H,18,19). The van der Waals surface area contributed by atoms with Gasteiger partial charge >= 0.3 is 5.97 Å². The van der Waals surface area contributed by atoms with Gasteiger partial charge in [0.15, 0.2) is 0 Å². The van der Waals surface area contributed by atoms with Gasteiger partial charge in [0.05, 0.1) is 0 Å². The van der Waals surface area contributed by atoms with Crippen molar-refractivity contribution in [1.29, 1.82) is 0 Å². The number of nitrogens with one attached hydrogen (secondary N) is 1. The third kappa shape index (κ3) is 6.70. The molecule has 19 heavy (non-hydrogen) atoms. The van der Waals surface area contributed by atoms with Gasteiger partial charge in [-0.3, -0.25) is 4.79 Å². The van der Waals surface area contributed by atoms with E-state index >= 15 is 0 Å². The third-order valence-corrected chi connectivity index (χ3v) is 3.01. The van der Waals surface area contributed by atoms with Crippen molar-refractivity contribution in [3.8, 4) is 0 Å². The van der Waals surface area contributed by atoms with Gasteiger partial charge in [-0.15, -0.1) is 0 Å². The first kappa shape index (κ1) is 15.3. The molecule has 0 unspecified atom stereocenters. The first-order valence-electron chi connectivity index (χ1n) is 6.82. The summed E-state index contributed by atoms with van der Waals surface area (Å²) >= 11 is 0. The molecular formula is C15H24N2O2. The Labute approximate surface area is 115 Å². The highest BCUT2D eigenvalue weighted by Crippen LogP contribution is 2.17. The molecule has 0 radical (unpaired) electrons. The van der Waals surface area contributed by atoms with Crippen molar-refractivity contribution in [3.63, 3.8) is 0 Å². The van der Waals surface area contributed by atoms with Crippen LogP contribution in [0.3, 0.4) is 0 Å². The first-order valence-corrected chi connectivity index (χ1v) is 6.82. The number of aliphatic carboxylic acids is 1. The topological polar surface area (TPSA) is 52.6 Å². The molecule has 0 atom stereocenters. The largest absolute Gasteiger partial charge is 0.481 e. The Hall–Kier alpha value is -1.71. The number of benzene rings is 1. The fraction of sp³-hybridized carbons (Fsp3) is 0.533. The maximum atomic E-state index is 10.3. The summed E-state index contributed by atoms with van der Waals surface area (Å²) in [7, 11) is 4.06. The molecule has 1 rings (SSSR count). The molecule has 2 N–H and O–H groups in total. The van der Waals surface area contributed by atoms with Crippen LogP contribution in [0.15, 0.2) is 24.3 Å². The number of carbonyl (C=O) groups is 1. The van der Waals surface area contributed by atoms with E-state index in [1.54, 1.807) is 0 Å². The zero-order chi connectivity index (χ0) is 14.1. The molecule has 0 aliphatic heterocycles. The van der Waals surface area contributed by atoms with Crippen molar-refractivity contribution >= 4 is 17.3 Å². The summed E-state index contributed by atoms with van der Waals surface area (Å²) in [5.41, 5.74) is 2.32. The second kappa shape index (κ2) is 8.40. The highest BCUT2D eigenvalue weighted by molar-refractivity contribution is 5.66. The molecule has 0 saturated carbocycles. The lowest BCUT2D eigenvalue weighted by Gasteiger charge is -2.14. The van der Waals surface area contributed by atoms with Crippen molar-refractivity contribution < 1.29 is 9.90 Å². The number of anilines is 2. The summed E-state index contributed by atoms with van der Waals surface area (Å²) < 4.78 is 0. The molecule has 1 aromatic rings. The van der Waals surface area contributed by atoms with Crippen LogP contribution >= 0.6 is 0 Å². The van der Waals surface area contributed by atoms with Crippen LogP contribution in [0.25, 0.3) is 0 Å². The lowest BCUT2D eigenvalue weighted by molar-refractivity contribution is -0.137. The minimum absolute atomic E-state index is 0.290. The van der Waals surface area contributed by atoms with E-state index in [0.717, 1.165) is 37.9 Å². The molecule has 0 amide bonds. The lowest BCUT2D eigenvalue weighted by Crippen LogP contribution is -2.09. The molecule has 0 spiro atoms. The monoisotopic (exact) mass is 264 g/mol. The predicted molar refractivity (Wildman–Crippen MR) is 80.0 cm³/mol. The Balaban J connectivity index is 2.15. The highest BCUT2D eigenvalue weighted by atomic mass is 16.4. The SMILES string of the molecule is CN(C)c1cccc(NCCCCCCC(=O)O)c1. The van der Waals surface area contributed by atoms with E-state index < -0.39 is 5.97 Å². The molecular weight excluding hydrogens is 240 g/mol. The van der Waals surface area contributed by atoms with Gasteiger partial charge in [-0.25, -0.2) is 0 Å². The maximum Gasteiger partial charge on any atom is 0.303 e. The zero-order valence-electron chi connectivity index (χ0n) is 11.9. The Morgan fingerprint density at radius 2 is 1.95 bits per heavy atom.